The minimum atomic E-state index is -5.60. The molecule has 1 aliphatic heterocycles. The van der Waals surface area contributed by atoms with Gasteiger partial charge in [0.2, 0.25) is 0 Å². The van der Waals surface area contributed by atoms with Crippen molar-refractivity contribution in [2.45, 2.75) is 18.3 Å². The van der Waals surface area contributed by atoms with Crippen LogP contribution in [0, 0.1) is 0 Å². The van der Waals surface area contributed by atoms with Crippen molar-refractivity contribution in [3.05, 3.63) is 0 Å². The highest BCUT2D eigenvalue weighted by atomic mass is 32.2. The van der Waals surface area contributed by atoms with Crippen molar-refractivity contribution in [3.8, 4) is 0 Å². The monoisotopic (exact) mass is 247 g/mol. The number of hydrogen-bond acceptors (Lipinski definition) is 5. The summed E-state index contributed by atoms with van der Waals surface area (Å²) >= 11 is 0. The van der Waals surface area contributed by atoms with Crippen molar-refractivity contribution in [1.82, 2.24) is 5.06 Å². The van der Waals surface area contributed by atoms with Gasteiger partial charge in [0.05, 0.1) is 0 Å². The van der Waals surface area contributed by atoms with Crippen LogP contribution in [0.4, 0.5) is 13.2 Å². The minimum Gasteiger partial charge on any atom is -0.300 e. The first-order valence-corrected chi connectivity index (χ1v) is 5.41. The van der Waals surface area contributed by atoms with Crippen molar-refractivity contribution in [2.75, 3.05) is 13.1 Å². The number of rotatable bonds is 2. The number of hydroxylamine groups is 2. The number of hydrogen-bond donors (Lipinski definition) is 0. The van der Waals surface area contributed by atoms with E-state index in [2.05, 4.69) is 4.28 Å². The van der Waals surface area contributed by atoms with Crippen LogP contribution in [0.15, 0.2) is 0 Å². The largest absolute Gasteiger partial charge is 0.524 e. The fraction of sp³-hybridized carbons (Fsp3) is 0.833. The molecule has 0 aliphatic carbocycles. The molecule has 1 saturated heterocycles. The Kier molecular flexibility index (Phi) is 3.36. The van der Waals surface area contributed by atoms with Gasteiger partial charge in [-0.1, -0.05) is 0 Å². The second-order valence-electron chi connectivity index (χ2n) is 2.94. The molecule has 0 bridgehead atoms. The Hall–Kier alpha value is -0.670. The molecule has 1 heterocycles. The first kappa shape index (κ1) is 12.4. The molecule has 88 valence electrons. The highest BCUT2D eigenvalue weighted by Crippen LogP contribution is 2.26. The van der Waals surface area contributed by atoms with E-state index in [1.165, 1.54) is 0 Å². The first-order valence-electron chi connectivity index (χ1n) is 4.00. The zero-order valence-corrected chi connectivity index (χ0v) is 8.27. The van der Waals surface area contributed by atoms with E-state index < -0.39 is 15.6 Å². The topological polar surface area (TPSA) is 63.7 Å². The third-order valence-electron chi connectivity index (χ3n) is 1.77. The summed E-state index contributed by atoms with van der Waals surface area (Å²) < 4.78 is 60.5. The van der Waals surface area contributed by atoms with Gasteiger partial charge in [0.25, 0.3) is 0 Å². The number of alkyl halides is 3. The van der Waals surface area contributed by atoms with E-state index in [0.29, 0.717) is 5.06 Å². The van der Waals surface area contributed by atoms with Crippen molar-refractivity contribution in [2.24, 2.45) is 0 Å². The lowest BCUT2D eigenvalue weighted by molar-refractivity contribution is -0.135. The summed E-state index contributed by atoms with van der Waals surface area (Å²) in [6, 6.07) is 0. The molecule has 0 atom stereocenters. The van der Waals surface area contributed by atoms with Gasteiger partial charge in [-0.15, -0.1) is 0 Å². The number of carbonyl (C=O) groups excluding carboxylic acids is 1. The molecule has 15 heavy (non-hydrogen) atoms. The molecule has 0 aromatic rings. The van der Waals surface area contributed by atoms with Crippen LogP contribution in [0.25, 0.3) is 0 Å². The molecule has 9 heteroatoms. The third kappa shape index (κ3) is 3.14. The van der Waals surface area contributed by atoms with Gasteiger partial charge in [0.1, 0.15) is 5.78 Å². The normalized spacial score (nSPS) is 20.6. The molecular weight excluding hydrogens is 239 g/mol. The molecule has 0 saturated carbocycles. The Morgan fingerprint density at radius 3 is 2.07 bits per heavy atom. The Balaban J connectivity index is 2.60. The van der Waals surface area contributed by atoms with Crippen molar-refractivity contribution < 1.29 is 30.7 Å². The predicted molar refractivity (Wildman–Crippen MR) is 41.9 cm³/mol. The Morgan fingerprint density at radius 1 is 1.20 bits per heavy atom. The van der Waals surface area contributed by atoms with Gasteiger partial charge in [-0.3, -0.25) is 4.79 Å². The first-order chi connectivity index (χ1) is 6.72. The fourth-order valence-corrected chi connectivity index (χ4v) is 1.50. The standard InChI is InChI=1S/C6H8F3NO4S/c7-6(8,9)15(12,13)14-10-3-1-5(11)2-4-10/h1-4H2. The lowest BCUT2D eigenvalue weighted by Crippen LogP contribution is -2.39. The van der Waals surface area contributed by atoms with Crippen LogP contribution in [0.3, 0.4) is 0 Å². The van der Waals surface area contributed by atoms with Crippen LogP contribution < -0.4 is 0 Å². The number of Topliss-reactive ketones (excluding diaryl/α,β-unsaturated/α-hetero) is 1. The average molecular weight is 247 g/mol. The van der Waals surface area contributed by atoms with Gasteiger partial charge < -0.3 is 0 Å². The van der Waals surface area contributed by atoms with Crippen LogP contribution in [-0.2, 0) is 19.2 Å². The third-order valence-corrected chi connectivity index (χ3v) is 2.74. The van der Waals surface area contributed by atoms with Gasteiger partial charge in [-0.05, 0) is 0 Å². The molecule has 0 N–H and O–H groups in total. The Labute approximate surface area is 83.9 Å². The molecule has 0 aromatic heterocycles. The van der Waals surface area contributed by atoms with E-state index in [0.717, 1.165) is 0 Å². The fourth-order valence-electron chi connectivity index (χ4n) is 0.991. The molecule has 5 nitrogen and oxygen atoms in total. The Bertz CT molecular complexity index is 340. The number of carbonyl (C=O) groups is 1. The van der Waals surface area contributed by atoms with E-state index in [1.807, 2.05) is 0 Å². The number of piperidine rings is 1. The maximum atomic E-state index is 11.9. The van der Waals surface area contributed by atoms with Crippen molar-refractivity contribution in [1.29, 1.82) is 0 Å². The molecule has 1 rings (SSSR count). The van der Waals surface area contributed by atoms with Gasteiger partial charge in [0, 0.05) is 25.9 Å². The summed E-state index contributed by atoms with van der Waals surface area (Å²) in [5.41, 5.74) is -5.44. The van der Waals surface area contributed by atoms with Gasteiger partial charge >= 0.3 is 15.6 Å². The molecule has 1 aliphatic rings. The zero-order chi connectivity index (χ0) is 11.7. The van der Waals surface area contributed by atoms with E-state index >= 15 is 0 Å². The SMILES string of the molecule is O=C1CCN(OS(=O)(=O)C(F)(F)F)CC1. The summed E-state index contributed by atoms with van der Waals surface area (Å²) in [5, 5.41) is 0.629. The highest BCUT2D eigenvalue weighted by molar-refractivity contribution is 7.87. The summed E-state index contributed by atoms with van der Waals surface area (Å²) in [4.78, 5) is 10.7. The molecular formula is C6H8F3NO4S. The zero-order valence-electron chi connectivity index (χ0n) is 7.45. The van der Waals surface area contributed by atoms with E-state index in [9.17, 15) is 26.4 Å². The van der Waals surface area contributed by atoms with Gasteiger partial charge in [-0.25, -0.2) is 0 Å². The molecule has 1 fully saturated rings. The summed E-state index contributed by atoms with van der Waals surface area (Å²) in [6.07, 6.45) is -0.0131. The number of halogens is 3. The smallest absolute Gasteiger partial charge is 0.300 e. The summed E-state index contributed by atoms with van der Waals surface area (Å²) in [7, 11) is -5.60. The van der Waals surface area contributed by atoms with Crippen LogP contribution >= 0.6 is 0 Å². The molecule has 0 aromatic carbocycles. The molecule has 0 radical (unpaired) electrons. The summed E-state index contributed by atoms with van der Waals surface area (Å²) in [5.74, 6) is -0.126. The number of nitrogens with zero attached hydrogens (tertiary/aromatic N) is 1. The lowest BCUT2D eigenvalue weighted by atomic mass is 10.1. The molecule has 0 spiro atoms. The predicted octanol–water partition coefficient (Wildman–Crippen LogP) is 0.433. The van der Waals surface area contributed by atoms with Crippen molar-refractivity contribution >= 4 is 15.9 Å². The summed E-state index contributed by atoms with van der Waals surface area (Å²) in [6.45, 7) is -0.289. The molecule has 0 unspecified atom stereocenters. The van der Waals surface area contributed by atoms with E-state index in [1.54, 1.807) is 0 Å². The van der Waals surface area contributed by atoms with Gasteiger partial charge in [-0.2, -0.15) is 30.9 Å². The average Bonchev–Trinajstić information content (AvgIpc) is 2.06. The van der Waals surface area contributed by atoms with Crippen LogP contribution in [0.2, 0.25) is 0 Å². The second kappa shape index (κ2) is 4.06. The van der Waals surface area contributed by atoms with Crippen LogP contribution in [0.5, 0.6) is 0 Å². The Morgan fingerprint density at radius 2 is 1.67 bits per heavy atom. The number of ketones is 1. The second-order valence-corrected chi connectivity index (χ2v) is 4.46. The van der Waals surface area contributed by atoms with E-state index in [-0.39, 0.29) is 31.7 Å². The van der Waals surface area contributed by atoms with Crippen LogP contribution in [-0.4, -0.2) is 37.9 Å². The van der Waals surface area contributed by atoms with Crippen molar-refractivity contribution in [3.63, 3.8) is 0 Å². The van der Waals surface area contributed by atoms with Crippen LogP contribution in [0.1, 0.15) is 12.8 Å². The van der Waals surface area contributed by atoms with Gasteiger partial charge in [0.15, 0.2) is 0 Å². The van der Waals surface area contributed by atoms with E-state index in [4.69, 9.17) is 0 Å². The minimum absolute atomic E-state index is 0.00657. The lowest BCUT2D eigenvalue weighted by Gasteiger charge is -2.24. The maximum Gasteiger partial charge on any atom is 0.524 e. The maximum absolute atomic E-state index is 11.9. The highest BCUT2D eigenvalue weighted by Gasteiger charge is 2.49. The molecule has 0 amide bonds. The quantitative estimate of drug-likeness (QED) is 0.662.